The number of ether oxygens (including phenoxy) is 1. The summed E-state index contributed by atoms with van der Waals surface area (Å²) in [6.45, 7) is 0.243. The summed E-state index contributed by atoms with van der Waals surface area (Å²) < 4.78 is 32.2. The molecule has 0 amide bonds. The average Bonchev–Trinajstić information content (AvgIpc) is 2.81. The third-order valence-corrected chi connectivity index (χ3v) is 3.82. The zero-order valence-corrected chi connectivity index (χ0v) is 12.2. The molecule has 2 rings (SSSR count). The highest BCUT2D eigenvalue weighted by Gasteiger charge is 2.14. The zero-order valence-electron chi connectivity index (χ0n) is 11.4. The smallest absolute Gasteiger partial charge is 0.231 e. The molecule has 0 fully saturated rings. The minimum absolute atomic E-state index is 0.144. The number of anilines is 2. The maximum absolute atomic E-state index is 13.5. The molecule has 1 N–H and O–H groups in total. The first-order valence-electron chi connectivity index (χ1n) is 5.91. The van der Waals surface area contributed by atoms with Gasteiger partial charge in [0.2, 0.25) is 5.88 Å². The second-order valence-corrected chi connectivity index (χ2v) is 5.34. The quantitative estimate of drug-likeness (QED) is 0.920. The molecule has 0 radical (unpaired) electrons. The number of nitrogens with zero attached hydrogens (tertiary/aromatic N) is 2. The zero-order chi connectivity index (χ0) is 14.7. The first kappa shape index (κ1) is 14.5. The van der Waals surface area contributed by atoms with Gasteiger partial charge in [0, 0.05) is 14.1 Å². The van der Waals surface area contributed by atoms with Crippen LogP contribution in [0.4, 0.5) is 19.6 Å². The minimum Gasteiger partial charge on any atom is -0.480 e. The number of hydrogen-bond acceptors (Lipinski definition) is 5. The molecule has 2 aromatic rings. The van der Waals surface area contributed by atoms with E-state index < -0.39 is 11.6 Å². The van der Waals surface area contributed by atoms with Gasteiger partial charge in [0.1, 0.15) is 17.3 Å². The van der Waals surface area contributed by atoms with Crippen molar-refractivity contribution in [3.63, 3.8) is 0 Å². The van der Waals surface area contributed by atoms with Gasteiger partial charge in [-0.3, -0.25) is 0 Å². The van der Waals surface area contributed by atoms with E-state index in [1.165, 1.54) is 36.6 Å². The molecular weight excluding hydrogens is 284 g/mol. The largest absolute Gasteiger partial charge is 0.480 e. The van der Waals surface area contributed by atoms with Gasteiger partial charge in [-0.05, 0) is 12.1 Å². The summed E-state index contributed by atoms with van der Waals surface area (Å²) in [6.07, 6.45) is 0. The summed E-state index contributed by atoms with van der Waals surface area (Å²) in [5, 5.41) is 3.52. The number of benzene rings is 1. The van der Waals surface area contributed by atoms with Crippen molar-refractivity contribution in [3.8, 4) is 5.88 Å². The lowest BCUT2D eigenvalue weighted by Crippen LogP contribution is -2.07. The van der Waals surface area contributed by atoms with E-state index in [9.17, 15) is 8.78 Å². The number of thiazole rings is 1. The van der Waals surface area contributed by atoms with Crippen LogP contribution in [0.3, 0.4) is 0 Å². The van der Waals surface area contributed by atoms with Gasteiger partial charge in [0.05, 0.1) is 18.5 Å². The predicted octanol–water partition coefficient (Wildman–Crippen LogP) is 3.11. The van der Waals surface area contributed by atoms with E-state index in [0.29, 0.717) is 5.88 Å². The standard InChI is InChI=1S/C13H15F2N3OS/c1-18(2)13-17-12(19-3)10(20-13)7-16-11-8(14)5-4-6-9(11)15/h4-6,16H,7H2,1-3H3. The van der Waals surface area contributed by atoms with Crippen molar-refractivity contribution in [1.29, 1.82) is 0 Å². The highest BCUT2D eigenvalue weighted by molar-refractivity contribution is 7.15. The van der Waals surface area contributed by atoms with E-state index in [-0.39, 0.29) is 12.2 Å². The van der Waals surface area contributed by atoms with Crippen LogP contribution in [0.5, 0.6) is 5.88 Å². The third-order valence-electron chi connectivity index (χ3n) is 2.61. The number of nitrogens with one attached hydrogen (secondary N) is 1. The van der Waals surface area contributed by atoms with Crippen LogP contribution in [0.15, 0.2) is 18.2 Å². The maximum Gasteiger partial charge on any atom is 0.231 e. The van der Waals surface area contributed by atoms with Gasteiger partial charge < -0.3 is 15.0 Å². The lowest BCUT2D eigenvalue weighted by Gasteiger charge is -2.08. The van der Waals surface area contributed by atoms with Gasteiger partial charge in [-0.25, -0.2) is 8.78 Å². The highest BCUT2D eigenvalue weighted by Crippen LogP contribution is 2.31. The summed E-state index contributed by atoms with van der Waals surface area (Å²) in [4.78, 5) is 6.90. The first-order valence-corrected chi connectivity index (χ1v) is 6.73. The molecule has 0 saturated heterocycles. The van der Waals surface area contributed by atoms with Crippen molar-refractivity contribution in [2.24, 2.45) is 0 Å². The van der Waals surface area contributed by atoms with Crippen LogP contribution in [0.1, 0.15) is 4.88 Å². The molecule has 1 aromatic carbocycles. The highest BCUT2D eigenvalue weighted by atomic mass is 32.1. The average molecular weight is 299 g/mol. The Balaban J connectivity index is 2.18. The van der Waals surface area contributed by atoms with Gasteiger partial charge in [0.25, 0.3) is 0 Å². The topological polar surface area (TPSA) is 37.4 Å². The summed E-state index contributed by atoms with van der Waals surface area (Å²) in [6, 6.07) is 3.74. The molecule has 1 heterocycles. The monoisotopic (exact) mass is 299 g/mol. The third kappa shape index (κ3) is 2.98. The Bertz CT molecular complexity index is 581. The molecule has 0 spiro atoms. The Morgan fingerprint density at radius 1 is 1.30 bits per heavy atom. The van der Waals surface area contributed by atoms with Crippen molar-refractivity contribution >= 4 is 22.2 Å². The summed E-state index contributed by atoms with van der Waals surface area (Å²) in [5.41, 5.74) is -0.144. The molecule has 7 heteroatoms. The molecule has 0 saturated carbocycles. The lowest BCUT2D eigenvalue weighted by atomic mass is 10.3. The fourth-order valence-corrected chi connectivity index (χ4v) is 2.52. The first-order chi connectivity index (χ1) is 9.52. The second kappa shape index (κ2) is 6.04. The van der Waals surface area contributed by atoms with E-state index in [0.717, 1.165) is 10.0 Å². The van der Waals surface area contributed by atoms with Crippen molar-refractivity contribution in [1.82, 2.24) is 4.98 Å². The van der Waals surface area contributed by atoms with E-state index in [4.69, 9.17) is 4.74 Å². The molecule has 0 atom stereocenters. The van der Waals surface area contributed by atoms with Gasteiger partial charge in [0.15, 0.2) is 5.13 Å². The molecule has 0 aliphatic carbocycles. The molecule has 0 bridgehead atoms. The SMILES string of the molecule is COc1nc(N(C)C)sc1CNc1c(F)cccc1F. The molecule has 0 aliphatic heterocycles. The summed E-state index contributed by atoms with van der Waals surface area (Å²) in [7, 11) is 5.25. The molecule has 20 heavy (non-hydrogen) atoms. The number of rotatable bonds is 5. The molecule has 1 aromatic heterocycles. The van der Waals surface area contributed by atoms with Gasteiger partial charge in [-0.1, -0.05) is 17.4 Å². The van der Waals surface area contributed by atoms with Gasteiger partial charge >= 0.3 is 0 Å². The number of para-hydroxylation sites is 1. The number of aromatic nitrogens is 1. The van der Waals surface area contributed by atoms with Gasteiger partial charge in [-0.2, -0.15) is 4.98 Å². The van der Waals surface area contributed by atoms with Crippen LogP contribution in [-0.2, 0) is 6.54 Å². The van der Waals surface area contributed by atoms with Crippen molar-refractivity contribution in [2.75, 3.05) is 31.4 Å². The summed E-state index contributed by atoms with van der Waals surface area (Å²) in [5.74, 6) is -0.787. The number of halogens is 2. The van der Waals surface area contributed by atoms with E-state index in [1.54, 1.807) is 0 Å². The Kier molecular flexibility index (Phi) is 4.39. The Morgan fingerprint density at radius 2 is 1.95 bits per heavy atom. The Hall–Kier alpha value is -1.89. The second-order valence-electron chi connectivity index (χ2n) is 4.27. The van der Waals surface area contributed by atoms with Crippen LogP contribution in [0, 0.1) is 11.6 Å². The van der Waals surface area contributed by atoms with Crippen molar-refractivity contribution in [3.05, 3.63) is 34.7 Å². The van der Waals surface area contributed by atoms with Crippen LogP contribution >= 0.6 is 11.3 Å². The maximum atomic E-state index is 13.5. The Labute approximate surface area is 120 Å². The Morgan fingerprint density at radius 3 is 2.50 bits per heavy atom. The number of hydrogen-bond donors (Lipinski definition) is 1. The van der Waals surface area contributed by atoms with Crippen molar-refractivity contribution in [2.45, 2.75) is 6.54 Å². The minimum atomic E-state index is -0.624. The van der Waals surface area contributed by atoms with Crippen molar-refractivity contribution < 1.29 is 13.5 Å². The predicted molar refractivity (Wildman–Crippen MR) is 76.7 cm³/mol. The fraction of sp³-hybridized carbons (Fsp3) is 0.308. The summed E-state index contributed by atoms with van der Waals surface area (Å²) >= 11 is 1.41. The molecule has 0 aliphatic rings. The number of methoxy groups -OCH3 is 1. The normalized spacial score (nSPS) is 10.4. The molecule has 4 nitrogen and oxygen atoms in total. The van der Waals surface area contributed by atoms with Crippen LogP contribution in [-0.4, -0.2) is 26.2 Å². The van der Waals surface area contributed by atoms with Crippen LogP contribution in [0.2, 0.25) is 0 Å². The van der Waals surface area contributed by atoms with Crippen LogP contribution < -0.4 is 15.0 Å². The van der Waals surface area contributed by atoms with Crippen LogP contribution in [0.25, 0.3) is 0 Å². The lowest BCUT2D eigenvalue weighted by molar-refractivity contribution is 0.397. The van der Waals surface area contributed by atoms with E-state index in [1.807, 2.05) is 19.0 Å². The fourth-order valence-electron chi connectivity index (χ4n) is 1.62. The van der Waals surface area contributed by atoms with Gasteiger partial charge in [-0.15, -0.1) is 0 Å². The molecular formula is C13H15F2N3OS. The van der Waals surface area contributed by atoms with E-state index >= 15 is 0 Å². The van der Waals surface area contributed by atoms with E-state index in [2.05, 4.69) is 10.3 Å². The molecule has 0 unspecified atom stereocenters. The molecule has 108 valence electrons.